The second-order valence-corrected chi connectivity index (χ2v) is 10.8. The van der Waals surface area contributed by atoms with E-state index >= 15 is 0 Å². The SMILES string of the molecule is C/C(=C\C(=C/C(C)C)NS(C)(=O)=O)N1CCc2c(-c3cnc(N)nc3)nc(N3CCOCC3)nc21. The molecule has 4 heterocycles. The number of hydrogen-bond donors (Lipinski definition) is 2. The molecule has 0 spiro atoms. The summed E-state index contributed by atoms with van der Waals surface area (Å²) in [7, 11) is -3.42. The Morgan fingerprint density at radius 3 is 2.49 bits per heavy atom. The van der Waals surface area contributed by atoms with Gasteiger partial charge in [0.15, 0.2) is 0 Å². The highest BCUT2D eigenvalue weighted by Gasteiger charge is 2.29. The van der Waals surface area contributed by atoms with Crippen molar-refractivity contribution in [1.29, 1.82) is 0 Å². The normalized spacial score (nSPS) is 17.2. The Morgan fingerprint density at radius 2 is 1.86 bits per heavy atom. The van der Waals surface area contributed by atoms with Crippen LogP contribution in [0.5, 0.6) is 0 Å². The first kappa shape index (κ1) is 24.9. The van der Waals surface area contributed by atoms with E-state index in [1.165, 1.54) is 0 Å². The number of nitrogens with zero attached hydrogens (tertiary/aromatic N) is 6. The van der Waals surface area contributed by atoms with Crippen LogP contribution in [-0.2, 0) is 21.2 Å². The Kier molecular flexibility index (Phi) is 7.22. The topological polar surface area (TPSA) is 139 Å². The quantitative estimate of drug-likeness (QED) is 0.540. The minimum Gasteiger partial charge on any atom is -0.378 e. The van der Waals surface area contributed by atoms with Crippen LogP contribution in [0.1, 0.15) is 26.3 Å². The summed E-state index contributed by atoms with van der Waals surface area (Å²) >= 11 is 0. The second-order valence-electron chi connectivity index (χ2n) is 9.03. The summed E-state index contributed by atoms with van der Waals surface area (Å²) < 4.78 is 32.0. The number of allylic oxidation sites excluding steroid dienone is 3. The fraction of sp³-hybridized carbons (Fsp3) is 0.478. The highest BCUT2D eigenvalue weighted by atomic mass is 32.2. The minimum atomic E-state index is -3.42. The summed E-state index contributed by atoms with van der Waals surface area (Å²) in [5, 5.41) is 0. The van der Waals surface area contributed by atoms with Crippen molar-refractivity contribution >= 4 is 27.7 Å². The van der Waals surface area contributed by atoms with Gasteiger partial charge in [-0.25, -0.2) is 23.4 Å². The Bertz CT molecular complexity index is 1240. The van der Waals surface area contributed by atoms with Gasteiger partial charge >= 0.3 is 0 Å². The predicted molar refractivity (Wildman–Crippen MR) is 136 cm³/mol. The molecule has 0 aromatic carbocycles. The molecule has 188 valence electrons. The van der Waals surface area contributed by atoms with Crippen molar-refractivity contribution in [2.75, 3.05) is 54.6 Å². The molecule has 0 saturated carbocycles. The van der Waals surface area contributed by atoms with Gasteiger partial charge < -0.3 is 20.3 Å². The molecule has 0 aliphatic carbocycles. The zero-order valence-electron chi connectivity index (χ0n) is 20.5. The maximum absolute atomic E-state index is 11.9. The molecule has 4 rings (SSSR count). The number of morpholine rings is 1. The van der Waals surface area contributed by atoms with Crippen molar-refractivity contribution in [2.24, 2.45) is 5.92 Å². The molecule has 1 fully saturated rings. The van der Waals surface area contributed by atoms with E-state index in [1.807, 2.05) is 32.9 Å². The lowest BCUT2D eigenvalue weighted by molar-refractivity contribution is 0.122. The molecule has 2 aliphatic heterocycles. The molecule has 3 N–H and O–H groups in total. The minimum absolute atomic E-state index is 0.168. The number of hydrogen-bond acceptors (Lipinski definition) is 10. The maximum Gasteiger partial charge on any atom is 0.229 e. The van der Waals surface area contributed by atoms with Crippen LogP contribution in [0, 0.1) is 5.92 Å². The number of anilines is 3. The van der Waals surface area contributed by atoms with E-state index in [0.29, 0.717) is 44.5 Å². The lowest BCUT2D eigenvalue weighted by Gasteiger charge is -2.28. The number of rotatable bonds is 7. The largest absolute Gasteiger partial charge is 0.378 e. The molecule has 0 radical (unpaired) electrons. The van der Waals surface area contributed by atoms with E-state index in [0.717, 1.165) is 41.0 Å². The highest BCUT2D eigenvalue weighted by molar-refractivity contribution is 7.88. The Balaban J connectivity index is 1.78. The van der Waals surface area contributed by atoms with Gasteiger partial charge in [0.25, 0.3) is 0 Å². The van der Waals surface area contributed by atoms with Gasteiger partial charge in [-0.3, -0.25) is 4.72 Å². The number of nitrogen functional groups attached to an aromatic ring is 1. The van der Waals surface area contributed by atoms with Crippen molar-refractivity contribution in [3.05, 3.63) is 41.5 Å². The molecule has 2 aliphatic rings. The average molecular weight is 501 g/mol. The third-order valence-electron chi connectivity index (χ3n) is 5.66. The summed E-state index contributed by atoms with van der Waals surface area (Å²) in [4.78, 5) is 22.4. The lowest BCUT2D eigenvalue weighted by atomic mass is 10.1. The van der Waals surface area contributed by atoms with Crippen molar-refractivity contribution in [1.82, 2.24) is 24.7 Å². The van der Waals surface area contributed by atoms with Crippen LogP contribution in [0.3, 0.4) is 0 Å². The molecular formula is C23H32N8O3S. The molecule has 2 aromatic rings. The molecule has 0 unspecified atom stereocenters. The van der Waals surface area contributed by atoms with E-state index < -0.39 is 10.0 Å². The highest BCUT2D eigenvalue weighted by Crippen LogP contribution is 2.37. The average Bonchev–Trinajstić information content (AvgIpc) is 3.22. The Hall–Kier alpha value is -3.25. The van der Waals surface area contributed by atoms with Gasteiger partial charge in [0, 0.05) is 54.5 Å². The fourth-order valence-electron chi connectivity index (χ4n) is 4.18. The first-order chi connectivity index (χ1) is 16.6. The fourth-order valence-corrected chi connectivity index (χ4v) is 4.73. The summed E-state index contributed by atoms with van der Waals surface area (Å²) in [6.45, 7) is 9.27. The summed E-state index contributed by atoms with van der Waals surface area (Å²) in [6.07, 6.45) is 8.97. The van der Waals surface area contributed by atoms with Gasteiger partial charge in [-0.05, 0) is 25.3 Å². The second kappa shape index (κ2) is 10.2. The van der Waals surface area contributed by atoms with Gasteiger partial charge in [0.2, 0.25) is 21.9 Å². The van der Waals surface area contributed by atoms with Gasteiger partial charge in [-0.15, -0.1) is 0 Å². The van der Waals surface area contributed by atoms with E-state index in [1.54, 1.807) is 12.4 Å². The molecule has 0 amide bonds. The number of ether oxygens (including phenoxy) is 1. The van der Waals surface area contributed by atoms with Gasteiger partial charge in [0.1, 0.15) is 5.82 Å². The van der Waals surface area contributed by atoms with E-state index in [-0.39, 0.29) is 11.9 Å². The molecule has 1 saturated heterocycles. The van der Waals surface area contributed by atoms with Crippen LogP contribution < -0.4 is 20.3 Å². The standard InChI is InChI=1S/C23H32N8O3S/c1-15(2)11-18(29-35(4,32)33)12-16(3)31-6-5-19-20(17-13-25-22(24)26-14-17)27-23(28-21(19)31)30-7-9-34-10-8-30/h11-15,29H,5-10H2,1-4H3,(H2,24,25,26)/b16-12+,18-11+. The molecule has 0 bridgehead atoms. The van der Waals surface area contributed by atoms with Crippen LogP contribution in [0.25, 0.3) is 11.3 Å². The number of sulfonamides is 1. The Morgan fingerprint density at radius 1 is 1.17 bits per heavy atom. The van der Waals surface area contributed by atoms with Crippen molar-refractivity contribution < 1.29 is 13.2 Å². The van der Waals surface area contributed by atoms with E-state index in [4.69, 9.17) is 20.4 Å². The van der Waals surface area contributed by atoms with Crippen LogP contribution in [0.4, 0.5) is 17.7 Å². The van der Waals surface area contributed by atoms with Crippen LogP contribution in [0.2, 0.25) is 0 Å². The van der Waals surface area contributed by atoms with E-state index in [2.05, 4.69) is 24.5 Å². The number of nitrogens with two attached hydrogens (primary N) is 1. The van der Waals surface area contributed by atoms with Crippen molar-refractivity contribution in [3.63, 3.8) is 0 Å². The van der Waals surface area contributed by atoms with Gasteiger partial charge in [-0.1, -0.05) is 19.9 Å². The third-order valence-corrected chi connectivity index (χ3v) is 6.27. The summed E-state index contributed by atoms with van der Waals surface area (Å²) in [6, 6.07) is 0. The molecule has 2 aromatic heterocycles. The molecular weight excluding hydrogens is 468 g/mol. The predicted octanol–water partition coefficient (Wildman–Crippen LogP) is 1.71. The number of nitrogens with one attached hydrogen (secondary N) is 1. The Labute approximate surface area is 206 Å². The van der Waals surface area contributed by atoms with Crippen LogP contribution >= 0.6 is 0 Å². The smallest absolute Gasteiger partial charge is 0.229 e. The number of aromatic nitrogens is 4. The van der Waals surface area contributed by atoms with Crippen molar-refractivity contribution in [3.8, 4) is 11.3 Å². The van der Waals surface area contributed by atoms with Crippen LogP contribution in [0.15, 0.2) is 35.9 Å². The van der Waals surface area contributed by atoms with Crippen LogP contribution in [-0.4, -0.2) is 67.5 Å². The monoisotopic (exact) mass is 500 g/mol. The van der Waals surface area contributed by atoms with Gasteiger partial charge in [0.05, 0.1) is 25.2 Å². The number of fused-ring (bicyclic) bond motifs is 1. The summed E-state index contributed by atoms with van der Waals surface area (Å²) in [5.74, 6) is 1.79. The molecule has 12 heteroatoms. The zero-order valence-corrected chi connectivity index (χ0v) is 21.3. The lowest BCUT2D eigenvalue weighted by Crippen LogP contribution is -2.37. The molecule has 11 nitrogen and oxygen atoms in total. The van der Waals surface area contributed by atoms with Crippen molar-refractivity contribution in [2.45, 2.75) is 27.2 Å². The first-order valence-electron chi connectivity index (χ1n) is 11.6. The van der Waals surface area contributed by atoms with E-state index in [9.17, 15) is 8.42 Å². The molecule has 0 atom stereocenters. The third kappa shape index (κ3) is 6.06. The molecule has 35 heavy (non-hydrogen) atoms. The first-order valence-corrected chi connectivity index (χ1v) is 13.5. The van der Waals surface area contributed by atoms with Gasteiger partial charge in [-0.2, -0.15) is 4.98 Å². The maximum atomic E-state index is 11.9. The summed E-state index contributed by atoms with van der Waals surface area (Å²) in [5.41, 5.74) is 9.65. The zero-order chi connectivity index (χ0) is 25.2.